The summed E-state index contributed by atoms with van der Waals surface area (Å²) in [6.45, 7) is 0. The van der Waals surface area contributed by atoms with Gasteiger partial charge in [-0.15, -0.1) is 0 Å². The smallest absolute Gasteiger partial charge is 0 e. The summed E-state index contributed by atoms with van der Waals surface area (Å²) in [4.78, 5) is 0. The predicted octanol–water partition coefficient (Wildman–Crippen LogP) is -1.19. The first-order valence-corrected chi connectivity index (χ1v) is 0. The van der Waals surface area contributed by atoms with Crippen molar-refractivity contribution in [1.29, 1.82) is 0 Å². The second kappa shape index (κ2) is 37.0. The molecule has 4 radical (unpaired) electrons. The van der Waals surface area contributed by atoms with Gasteiger partial charge in [0.15, 0.2) is 0 Å². The maximum Gasteiger partial charge on any atom is 0 e. The fourth-order valence-corrected chi connectivity index (χ4v) is 0. The molecule has 0 bridgehead atoms. The molecule has 0 aliphatic rings. The zero-order chi connectivity index (χ0) is 0. The molecule has 7 heavy (non-hydrogen) atoms. The zero-order valence-corrected chi connectivity index (χ0v) is 15.1. The van der Waals surface area contributed by atoms with Crippen LogP contribution >= 0.6 is 0 Å². The van der Waals surface area contributed by atoms with Crippen molar-refractivity contribution in [2.24, 2.45) is 0 Å². The minimum absolute atomic E-state index is 0. The average molecular weight is 861 g/mol. The van der Waals surface area contributed by atoms with Gasteiger partial charge in [-0.2, -0.15) is 0 Å². The van der Waals surface area contributed by atoms with E-state index in [0.29, 0.717) is 0 Å². The van der Waals surface area contributed by atoms with E-state index in [4.69, 9.17) is 0 Å². The molecule has 0 aromatic carbocycles. The van der Waals surface area contributed by atoms with Crippen LogP contribution in [0.5, 0.6) is 0 Å². The maximum absolute atomic E-state index is 0. The van der Waals surface area contributed by atoms with Crippen molar-refractivity contribution in [2.45, 2.75) is 0 Å². The van der Waals surface area contributed by atoms with Crippen molar-refractivity contribution < 1.29 is 222 Å². The normalized spacial score (nSPS) is 0. The molecule has 0 aliphatic carbocycles. The quantitative estimate of drug-likeness (QED) is 0.270. The van der Waals surface area contributed by atoms with Gasteiger partial charge in [0, 0.05) is 222 Å². The van der Waals surface area contributed by atoms with E-state index in [1.54, 1.807) is 0 Å². The van der Waals surface area contributed by atoms with Gasteiger partial charge in [0.05, 0.1) is 0 Å². The van der Waals surface area contributed by atoms with Crippen LogP contribution in [-0.2, 0) is 58.6 Å². The molecule has 0 N–H and O–H groups in total. The van der Waals surface area contributed by atoms with Gasteiger partial charge in [-0.05, 0) is 0 Å². The van der Waals surface area contributed by atoms with Gasteiger partial charge >= 0.3 is 19.8 Å². The van der Waals surface area contributed by atoms with Gasteiger partial charge in [-0.3, -0.25) is 0 Å². The zero-order valence-electron chi connectivity index (χ0n) is 2.41. The van der Waals surface area contributed by atoms with Gasteiger partial charge in [0.25, 0.3) is 0 Å². The topological polar surface area (TPSA) is 0 Å². The molecule has 0 unspecified atom stereocenters. The van der Waals surface area contributed by atoms with Crippen molar-refractivity contribution >= 4 is 19.8 Å². The molecule has 0 spiro atoms. The van der Waals surface area contributed by atoms with Gasteiger partial charge in [-0.1, -0.05) is 0 Å². The van der Waals surface area contributed by atoms with Crippen LogP contribution in [0, 0.1) is 163 Å². The first-order chi connectivity index (χ1) is 0. The van der Waals surface area contributed by atoms with E-state index in [1.165, 1.54) is 0 Å². The third kappa shape index (κ3) is 31.5. The van der Waals surface area contributed by atoms with Crippen LogP contribution in [0.2, 0.25) is 0 Å². The summed E-state index contributed by atoms with van der Waals surface area (Å²) in [7, 11) is 0. The third-order valence-electron chi connectivity index (χ3n) is 0. The summed E-state index contributed by atoms with van der Waals surface area (Å²) in [6.07, 6.45) is 0. The fraction of sp³-hybridized carbons (Fsp3) is 0. The first-order valence-electron chi connectivity index (χ1n) is 0. The Kier molecular flexibility index (Phi) is 243. The van der Waals surface area contributed by atoms with Gasteiger partial charge in [0.1, 0.15) is 0 Å². The summed E-state index contributed by atoms with van der Waals surface area (Å²) in [6, 6.07) is 0. The number of hydrogen-bond donors (Lipinski definition) is 0. The summed E-state index contributed by atoms with van der Waals surface area (Å²) < 4.78 is 0. The molecule has 54 valence electrons. The molecule has 0 amide bonds. The molecular formula is H3GaGdHoScTbYYb. The van der Waals surface area contributed by atoms with Crippen LogP contribution in [0.25, 0.3) is 0 Å². The molecule has 0 heterocycles. The Balaban J connectivity index is 0. The summed E-state index contributed by atoms with van der Waals surface area (Å²) in [5.74, 6) is 0. The van der Waals surface area contributed by atoms with Crippen molar-refractivity contribution in [3.8, 4) is 0 Å². The van der Waals surface area contributed by atoms with E-state index in [0.717, 1.165) is 0 Å². The van der Waals surface area contributed by atoms with Crippen LogP contribution in [0.1, 0.15) is 0 Å². The molecule has 0 aromatic rings. The molecular weight excluding hydrogens is 858 g/mol. The fourth-order valence-electron chi connectivity index (χ4n) is 0. The van der Waals surface area contributed by atoms with Crippen LogP contribution in [-0.4, -0.2) is 19.8 Å². The monoisotopic (exact) mass is 862 g/mol. The van der Waals surface area contributed by atoms with E-state index in [2.05, 4.69) is 0 Å². The first kappa shape index (κ1) is 45.9. The Morgan fingerprint density at radius 3 is 1.00 bits per heavy atom. The minimum Gasteiger partial charge on any atom is 0 e. The van der Waals surface area contributed by atoms with E-state index in [-0.39, 0.29) is 242 Å². The Labute approximate surface area is 233 Å². The third-order valence-corrected chi connectivity index (χ3v) is 0. The molecule has 0 fully saturated rings. The molecule has 0 saturated heterocycles. The van der Waals surface area contributed by atoms with Gasteiger partial charge in [-0.25, -0.2) is 0 Å². The molecule has 0 atom stereocenters. The minimum atomic E-state index is 0. The second-order valence-corrected chi connectivity index (χ2v) is 0. The van der Waals surface area contributed by atoms with E-state index >= 15 is 0 Å². The Morgan fingerprint density at radius 2 is 1.00 bits per heavy atom. The van der Waals surface area contributed by atoms with Crippen LogP contribution in [0.15, 0.2) is 0 Å². The largest absolute Gasteiger partial charge is 0 e. The van der Waals surface area contributed by atoms with E-state index < -0.39 is 0 Å². The van der Waals surface area contributed by atoms with Crippen molar-refractivity contribution in [3.05, 3.63) is 0 Å². The molecule has 0 aromatic heterocycles. The van der Waals surface area contributed by atoms with Crippen LogP contribution < -0.4 is 0 Å². The maximum atomic E-state index is 0. The van der Waals surface area contributed by atoms with Crippen molar-refractivity contribution in [1.82, 2.24) is 0 Å². The Bertz CT molecular complexity index is 19.7. The van der Waals surface area contributed by atoms with E-state index in [1.807, 2.05) is 0 Å². The Hall–Kier alpha value is 8.00. The molecule has 0 saturated carbocycles. The molecule has 0 aliphatic heterocycles. The van der Waals surface area contributed by atoms with Crippen LogP contribution in [0.4, 0.5) is 0 Å². The molecule has 7 heteroatoms. The molecule has 0 rings (SSSR count). The molecule has 0 nitrogen and oxygen atoms in total. The van der Waals surface area contributed by atoms with Crippen molar-refractivity contribution in [2.75, 3.05) is 0 Å². The van der Waals surface area contributed by atoms with E-state index in [9.17, 15) is 0 Å². The average Bonchev–Trinajstić information content (AvgIpc) is 0. The van der Waals surface area contributed by atoms with Gasteiger partial charge < -0.3 is 0 Å². The second-order valence-electron chi connectivity index (χ2n) is 0. The van der Waals surface area contributed by atoms with Crippen LogP contribution in [0.3, 0.4) is 0 Å². The van der Waals surface area contributed by atoms with Crippen molar-refractivity contribution in [3.63, 3.8) is 0 Å². The summed E-state index contributed by atoms with van der Waals surface area (Å²) >= 11 is 0. The number of rotatable bonds is 0. The predicted molar refractivity (Wildman–Crippen MR) is 9.94 cm³/mol. The summed E-state index contributed by atoms with van der Waals surface area (Å²) in [5, 5.41) is 0. The summed E-state index contributed by atoms with van der Waals surface area (Å²) in [5.41, 5.74) is 0. The number of hydrogen-bond acceptors (Lipinski definition) is 0. The van der Waals surface area contributed by atoms with Gasteiger partial charge in [0.2, 0.25) is 0 Å². The standard InChI is InChI=1S/Ga.Gd.Ho.Sc.Tb.Y.Yb.3H. The Morgan fingerprint density at radius 1 is 1.00 bits per heavy atom. The SMILES string of the molecule is [GaH3].[Gd].[Ho].[Sc].[Tb].[Y].[Yb].